The monoisotopic (exact) mass is 567 g/mol. The number of nitrogens with one attached hydrogen (secondary N) is 2. The molecule has 12 heteroatoms. The summed E-state index contributed by atoms with van der Waals surface area (Å²) >= 11 is 6.97. The van der Waals surface area contributed by atoms with Gasteiger partial charge in [-0.3, -0.25) is 4.79 Å². The van der Waals surface area contributed by atoms with Gasteiger partial charge in [-0.2, -0.15) is 4.31 Å². The van der Waals surface area contributed by atoms with Gasteiger partial charge in [0.1, 0.15) is 4.21 Å². The topological polar surface area (TPSA) is 113 Å². The number of piperidine rings is 1. The van der Waals surface area contributed by atoms with Crippen molar-refractivity contribution in [3.05, 3.63) is 76.1 Å². The maximum absolute atomic E-state index is 13.5. The highest BCUT2D eigenvalue weighted by Crippen LogP contribution is 2.31. The molecule has 8 nitrogen and oxygen atoms in total. The number of anilines is 1. The van der Waals surface area contributed by atoms with Crippen LogP contribution in [0.5, 0.6) is 0 Å². The van der Waals surface area contributed by atoms with Crippen molar-refractivity contribution in [2.45, 2.75) is 41.1 Å². The minimum Gasteiger partial charge on any atom is -0.369 e. The van der Waals surface area contributed by atoms with E-state index in [-0.39, 0.29) is 21.6 Å². The number of rotatable bonds is 8. The highest BCUT2D eigenvalue weighted by Gasteiger charge is 2.34. The molecule has 1 unspecified atom stereocenters. The van der Waals surface area contributed by atoms with Crippen molar-refractivity contribution in [2.24, 2.45) is 0 Å². The zero-order chi connectivity index (χ0) is 25.9. The second-order valence-corrected chi connectivity index (χ2v) is 14.2. The minimum absolute atomic E-state index is 0.168. The van der Waals surface area contributed by atoms with E-state index in [1.807, 2.05) is 0 Å². The fourth-order valence-corrected chi connectivity index (χ4v) is 7.76. The van der Waals surface area contributed by atoms with Crippen LogP contribution < -0.4 is 10.6 Å². The van der Waals surface area contributed by atoms with Crippen LogP contribution in [0, 0.1) is 0 Å². The lowest BCUT2D eigenvalue weighted by Gasteiger charge is -2.35. The molecular weight excluding hydrogens is 542 g/mol. The number of halogens is 1. The van der Waals surface area contributed by atoms with E-state index in [1.165, 1.54) is 16.4 Å². The van der Waals surface area contributed by atoms with Crippen LogP contribution in [0.25, 0.3) is 0 Å². The second-order valence-electron chi connectivity index (χ2n) is 8.48. The maximum Gasteiger partial charge on any atom is 0.254 e. The van der Waals surface area contributed by atoms with Crippen molar-refractivity contribution >= 4 is 54.4 Å². The number of amides is 1. The molecule has 36 heavy (non-hydrogen) atoms. The standard InChI is InChI=1S/C24H26ClN3O5S3/c1-35(30,31)21-6-4-5-19(15-21)27-22-7-2-3-14-28(22)36(32,33)23-13-12-20(34-23)16-26-24(29)17-8-10-18(25)11-9-17/h4-6,8-13,15,22,27H,2-3,7,14,16H2,1H3,(H,26,29). The molecule has 1 aromatic heterocycles. The number of sulfone groups is 1. The fourth-order valence-electron chi connectivity index (χ4n) is 3.92. The van der Waals surface area contributed by atoms with E-state index in [2.05, 4.69) is 10.6 Å². The third-order valence-corrected chi connectivity index (χ3v) is 10.6. The Bertz CT molecular complexity index is 1450. The quantitative estimate of drug-likeness (QED) is 0.418. The summed E-state index contributed by atoms with van der Waals surface area (Å²) in [6.07, 6.45) is 2.81. The van der Waals surface area contributed by atoms with Crippen molar-refractivity contribution in [3.63, 3.8) is 0 Å². The third kappa shape index (κ3) is 6.27. The van der Waals surface area contributed by atoms with Gasteiger partial charge in [0.2, 0.25) is 0 Å². The lowest BCUT2D eigenvalue weighted by molar-refractivity contribution is 0.0951. The zero-order valence-corrected chi connectivity index (χ0v) is 22.7. The molecule has 0 saturated carbocycles. The molecule has 1 aliphatic heterocycles. The van der Waals surface area contributed by atoms with Crippen LogP contribution in [0.3, 0.4) is 0 Å². The second kappa shape index (κ2) is 10.9. The van der Waals surface area contributed by atoms with Gasteiger partial charge in [-0.05, 0) is 73.9 Å². The molecule has 3 aromatic rings. The first-order valence-electron chi connectivity index (χ1n) is 11.2. The normalized spacial score (nSPS) is 17.0. The smallest absolute Gasteiger partial charge is 0.254 e. The largest absolute Gasteiger partial charge is 0.369 e. The average Bonchev–Trinajstić information content (AvgIpc) is 3.33. The predicted octanol–water partition coefficient (Wildman–Crippen LogP) is 4.35. The van der Waals surface area contributed by atoms with Crippen molar-refractivity contribution in [1.29, 1.82) is 0 Å². The van der Waals surface area contributed by atoms with E-state index < -0.39 is 26.0 Å². The van der Waals surface area contributed by atoms with E-state index in [0.29, 0.717) is 34.1 Å². The van der Waals surface area contributed by atoms with Crippen LogP contribution >= 0.6 is 22.9 Å². The van der Waals surface area contributed by atoms with E-state index in [9.17, 15) is 21.6 Å². The summed E-state index contributed by atoms with van der Waals surface area (Å²) in [6, 6.07) is 16.1. The number of carbonyl (C=O) groups excluding carboxylic acids is 1. The molecule has 2 N–H and O–H groups in total. The van der Waals surface area contributed by atoms with E-state index in [4.69, 9.17) is 11.6 Å². The molecule has 4 rings (SSSR count). The SMILES string of the molecule is CS(=O)(=O)c1cccc(NC2CCCCN2S(=O)(=O)c2ccc(CNC(=O)c3ccc(Cl)cc3)s2)c1. The molecule has 1 saturated heterocycles. The number of hydrogen-bond donors (Lipinski definition) is 2. The van der Waals surface area contributed by atoms with Gasteiger partial charge < -0.3 is 10.6 Å². The number of thiophene rings is 1. The molecule has 0 radical (unpaired) electrons. The maximum atomic E-state index is 13.5. The third-order valence-electron chi connectivity index (χ3n) is 5.78. The number of nitrogens with zero attached hydrogens (tertiary/aromatic N) is 1. The molecule has 1 atom stereocenters. The molecule has 192 valence electrons. The number of carbonyl (C=O) groups is 1. The van der Waals surface area contributed by atoms with Gasteiger partial charge in [0, 0.05) is 34.0 Å². The van der Waals surface area contributed by atoms with Crippen LogP contribution in [0.1, 0.15) is 34.5 Å². The van der Waals surface area contributed by atoms with Gasteiger partial charge in [0.05, 0.1) is 17.6 Å². The first kappa shape index (κ1) is 26.6. The van der Waals surface area contributed by atoms with Crippen molar-refractivity contribution < 1.29 is 21.6 Å². The van der Waals surface area contributed by atoms with Crippen molar-refractivity contribution in [2.75, 3.05) is 18.1 Å². The molecule has 2 heterocycles. The van der Waals surface area contributed by atoms with E-state index in [0.717, 1.165) is 30.4 Å². The summed E-state index contributed by atoms with van der Waals surface area (Å²) < 4.78 is 52.5. The van der Waals surface area contributed by atoms with Crippen molar-refractivity contribution in [1.82, 2.24) is 9.62 Å². The summed E-state index contributed by atoms with van der Waals surface area (Å²) in [5, 5.41) is 6.54. The van der Waals surface area contributed by atoms with Gasteiger partial charge in [-0.25, -0.2) is 16.8 Å². The van der Waals surface area contributed by atoms with Crippen LogP contribution in [-0.2, 0) is 26.4 Å². The summed E-state index contributed by atoms with van der Waals surface area (Å²) in [6.45, 7) is 0.550. The Kier molecular flexibility index (Phi) is 8.06. The Balaban J connectivity index is 1.47. The average molecular weight is 568 g/mol. The van der Waals surface area contributed by atoms with Gasteiger partial charge in [0.15, 0.2) is 9.84 Å². The van der Waals surface area contributed by atoms with Gasteiger partial charge in [-0.15, -0.1) is 11.3 Å². The lowest BCUT2D eigenvalue weighted by atomic mass is 10.1. The summed E-state index contributed by atoms with van der Waals surface area (Å²) in [7, 11) is -7.19. The Morgan fingerprint density at radius 3 is 2.53 bits per heavy atom. The Labute approximate surface area is 220 Å². The number of benzene rings is 2. The van der Waals surface area contributed by atoms with E-state index in [1.54, 1.807) is 48.5 Å². The van der Waals surface area contributed by atoms with Gasteiger partial charge in [-0.1, -0.05) is 17.7 Å². The molecule has 1 fully saturated rings. The van der Waals surface area contributed by atoms with Crippen LogP contribution in [0.2, 0.25) is 5.02 Å². The van der Waals surface area contributed by atoms with Crippen LogP contribution in [-0.4, -0.2) is 46.0 Å². The highest BCUT2D eigenvalue weighted by molar-refractivity contribution is 7.91. The minimum atomic E-state index is -3.80. The Hall–Kier alpha value is -2.44. The Morgan fingerprint density at radius 2 is 1.81 bits per heavy atom. The first-order valence-corrected chi connectivity index (χ1v) is 15.8. The molecule has 1 amide bonds. The zero-order valence-electron chi connectivity index (χ0n) is 19.5. The molecule has 0 spiro atoms. The molecular formula is C24H26ClN3O5S3. The lowest BCUT2D eigenvalue weighted by Crippen LogP contribution is -2.47. The van der Waals surface area contributed by atoms with E-state index >= 15 is 0 Å². The van der Waals surface area contributed by atoms with Crippen LogP contribution in [0.15, 0.2) is 69.8 Å². The summed E-state index contributed by atoms with van der Waals surface area (Å²) in [5.41, 5.74) is 1.01. The highest BCUT2D eigenvalue weighted by atomic mass is 35.5. The number of sulfonamides is 1. The van der Waals surface area contributed by atoms with Gasteiger partial charge >= 0.3 is 0 Å². The number of hydrogen-bond acceptors (Lipinski definition) is 7. The summed E-state index contributed by atoms with van der Waals surface area (Å²) in [4.78, 5) is 13.2. The fraction of sp³-hybridized carbons (Fsp3) is 0.292. The molecule has 0 bridgehead atoms. The van der Waals surface area contributed by atoms with Gasteiger partial charge in [0.25, 0.3) is 15.9 Å². The molecule has 0 aliphatic carbocycles. The molecule has 2 aromatic carbocycles. The van der Waals surface area contributed by atoms with Crippen molar-refractivity contribution in [3.8, 4) is 0 Å². The molecule has 1 aliphatic rings. The first-order chi connectivity index (χ1) is 17.0. The Morgan fingerprint density at radius 1 is 1.06 bits per heavy atom. The summed E-state index contributed by atoms with van der Waals surface area (Å²) in [5.74, 6) is -0.277. The predicted molar refractivity (Wildman–Crippen MR) is 142 cm³/mol. The van der Waals surface area contributed by atoms with Crippen LogP contribution in [0.4, 0.5) is 5.69 Å².